The van der Waals surface area contributed by atoms with E-state index in [-0.39, 0.29) is 38.6 Å². The zero-order valence-electron chi connectivity index (χ0n) is 19.4. The summed E-state index contributed by atoms with van der Waals surface area (Å²) in [4.78, 5) is 12.9. The van der Waals surface area contributed by atoms with Gasteiger partial charge in [-0.25, -0.2) is 0 Å². The molecule has 1 saturated carbocycles. The molecule has 1 fully saturated rings. The van der Waals surface area contributed by atoms with Crippen LogP contribution in [0.25, 0.3) is 0 Å². The summed E-state index contributed by atoms with van der Waals surface area (Å²) in [7, 11) is 1.98. The van der Waals surface area contributed by atoms with Gasteiger partial charge < -0.3 is 22.0 Å². The van der Waals surface area contributed by atoms with Gasteiger partial charge in [-0.15, -0.1) is 0 Å². The number of unbranched alkanes of at least 4 members (excludes halogenated alkanes) is 1. The van der Waals surface area contributed by atoms with Crippen LogP contribution >= 0.6 is 0 Å². The summed E-state index contributed by atoms with van der Waals surface area (Å²) >= 11 is 5.74. The standard InChI is InChI=1S/C18H25N3OS.C7H8.Y/c1-5-6-9-21(4,23)18(7-8-18)17(22)20-16-13(2)10-15(12-19)11-14(16)3;1-7-5-3-2-4-6-7;/h10-11H,5-9H2,1-4H3,(H,20,22);2-6H,1H3;. The van der Waals surface area contributed by atoms with E-state index in [1.54, 1.807) is 12.1 Å². The van der Waals surface area contributed by atoms with E-state index in [0.29, 0.717) is 9.45 Å². The molecule has 1 amide bonds. The van der Waals surface area contributed by atoms with Crippen molar-refractivity contribution in [2.24, 2.45) is 0 Å². The molecule has 1 unspecified atom stereocenters. The number of nitriles is 1. The van der Waals surface area contributed by atoms with E-state index < -0.39 is 5.54 Å². The van der Waals surface area contributed by atoms with E-state index in [1.165, 1.54) is 5.56 Å². The van der Waals surface area contributed by atoms with Gasteiger partial charge >= 0.3 is 0 Å². The first-order valence-electron chi connectivity index (χ1n) is 10.6. The number of hydrogen-bond donors (Lipinski definition) is 1. The summed E-state index contributed by atoms with van der Waals surface area (Å²) in [5, 5.41) is 12.1. The molecule has 0 aromatic heterocycles. The molecule has 6 heteroatoms. The van der Waals surface area contributed by atoms with Crippen LogP contribution in [-0.2, 0) is 50.3 Å². The number of benzene rings is 2. The number of amides is 1. The molecule has 1 aliphatic carbocycles. The number of nitrogens with one attached hydrogen (secondary N) is 1. The monoisotopic (exact) mass is 512 g/mol. The minimum atomic E-state index is -0.475. The first kappa shape index (κ1) is 27.8. The molecule has 4 nitrogen and oxygen atoms in total. The molecular weight excluding hydrogens is 479 g/mol. The normalized spacial score (nSPS) is 15.3. The molecule has 163 valence electrons. The summed E-state index contributed by atoms with van der Waals surface area (Å²) in [6.45, 7) is 8.90. The molecule has 31 heavy (non-hydrogen) atoms. The number of nitrogens with zero attached hydrogens (tertiary/aromatic N) is 2. The smallest absolute Gasteiger partial charge is 0.284 e. The quantitative estimate of drug-likeness (QED) is 0.420. The maximum atomic E-state index is 12.9. The van der Waals surface area contributed by atoms with Crippen molar-refractivity contribution in [3.63, 3.8) is 0 Å². The third-order valence-electron chi connectivity index (χ3n) is 5.83. The van der Waals surface area contributed by atoms with E-state index in [1.807, 2.05) is 39.1 Å². The molecular formula is C25H33N3OSY. The molecule has 0 heterocycles. The van der Waals surface area contributed by atoms with Crippen molar-refractivity contribution in [3.05, 3.63) is 64.7 Å². The Hall–Kier alpha value is -1.19. The fourth-order valence-electron chi connectivity index (χ4n) is 3.70. The Balaban J connectivity index is 0.000000510. The molecule has 0 saturated heterocycles. The Morgan fingerprint density at radius 3 is 2.10 bits per heavy atom. The Kier molecular flexibility index (Phi) is 10.9. The number of carbonyl (C=O) groups is 1. The van der Waals surface area contributed by atoms with Crippen LogP contribution in [0, 0.1) is 32.1 Å². The van der Waals surface area contributed by atoms with Crippen molar-refractivity contribution < 1.29 is 41.4 Å². The van der Waals surface area contributed by atoms with Gasteiger partial charge in [0.2, 0.25) is 0 Å². The van der Waals surface area contributed by atoms with Crippen molar-refractivity contribution in [1.29, 1.82) is 5.26 Å². The van der Waals surface area contributed by atoms with Crippen LogP contribution in [-0.4, -0.2) is 28.9 Å². The third-order valence-corrected chi connectivity index (χ3v) is 6.36. The number of likely N-dealkylation sites (N-methyl/N-ethyl adjacent to an activating group) is 1. The average molecular weight is 513 g/mol. The molecule has 1 radical (unpaired) electrons. The minimum absolute atomic E-state index is 0. The van der Waals surface area contributed by atoms with Crippen molar-refractivity contribution in [3.8, 4) is 6.07 Å². The van der Waals surface area contributed by atoms with E-state index in [4.69, 9.17) is 18.1 Å². The molecule has 2 aromatic carbocycles. The second kappa shape index (κ2) is 12.2. The van der Waals surface area contributed by atoms with Crippen molar-refractivity contribution in [2.45, 2.75) is 58.9 Å². The van der Waals surface area contributed by atoms with Crippen LogP contribution in [0.1, 0.15) is 54.9 Å². The van der Waals surface area contributed by atoms with Crippen molar-refractivity contribution in [1.82, 2.24) is 0 Å². The summed E-state index contributed by atoms with van der Waals surface area (Å²) in [5.41, 5.74) is 4.10. The topological polar surface area (TPSA) is 52.9 Å². The van der Waals surface area contributed by atoms with E-state index in [0.717, 1.165) is 49.0 Å². The Morgan fingerprint density at radius 2 is 1.71 bits per heavy atom. The predicted octanol–water partition coefficient (Wildman–Crippen LogP) is 5.35. The molecule has 0 spiro atoms. The number of quaternary nitrogens is 1. The zero-order chi connectivity index (χ0) is 22.4. The summed E-state index contributed by atoms with van der Waals surface area (Å²) in [5.74, 6) is 0.0158. The fourth-order valence-corrected chi connectivity index (χ4v) is 4.09. The van der Waals surface area contributed by atoms with Gasteiger partial charge in [-0.3, -0.25) is 4.79 Å². The number of rotatable bonds is 6. The first-order valence-corrected chi connectivity index (χ1v) is 10.9. The predicted molar refractivity (Wildman–Crippen MR) is 126 cm³/mol. The fraction of sp³-hybridized carbons (Fsp3) is 0.440. The molecule has 3 rings (SSSR count). The largest absolute Gasteiger partial charge is 0.493 e. The molecule has 1 N–H and O–H groups in total. The maximum Gasteiger partial charge on any atom is 0.284 e. The number of hydrogen-bond acceptors (Lipinski definition) is 3. The van der Waals surface area contributed by atoms with Gasteiger partial charge in [0.05, 0.1) is 25.2 Å². The van der Waals surface area contributed by atoms with Gasteiger partial charge in [-0.1, -0.05) is 49.2 Å². The molecule has 1 aliphatic rings. The van der Waals surface area contributed by atoms with Crippen molar-refractivity contribution in [2.75, 3.05) is 18.9 Å². The SMILES string of the molecule is CCCC[N+](C)([S-])C1(C(=O)Nc2c(C)cc(C#N)cc2C)CC1.Cc1ccccc1.[Y]. The minimum Gasteiger partial charge on any atom is -0.493 e. The van der Waals surface area contributed by atoms with E-state index >= 15 is 0 Å². The van der Waals surface area contributed by atoms with Crippen molar-refractivity contribution >= 4 is 24.4 Å². The molecule has 2 aromatic rings. The second-order valence-electron chi connectivity index (χ2n) is 8.42. The van der Waals surface area contributed by atoms with Crippen LogP contribution in [0.15, 0.2) is 42.5 Å². The van der Waals surface area contributed by atoms with Gasteiger partial charge in [-0.05, 0) is 50.5 Å². The Labute approximate surface area is 218 Å². The van der Waals surface area contributed by atoms with E-state index in [2.05, 4.69) is 37.4 Å². The van der Waals surface area contributed by atoms with Gasteiger partial charge in [-0.2, -0.15) is 5.26 Å². The van der Waals surface area contributed by atoms with Crippen LogP contribution in [0.5, 0.6) is 0 Å². The Bertz CT molecular complexity index is 895. The van der Waals surface area contributed by atoms with Crippen LogP contribution in [0.4, 0.5) is 5.69 Å². The summed E-state index contributed by atoms with van der Waals surface area (Å²) < 4.78 is 0.334. The van der Waals surface area contributed by atoms with E-state index in [9.17, 15) is 4.79 Å². The summed E-state index contributed by atoms with van der Waals surface area (Å²) in [6.07, 6.45) is 3.80. The molecule has 0 aliphatic heterocycles. The van der Waals surface area contributed by atoms with Gasteiger partial charge in [0.25, 0.3) is 5.91 Å². The first-order chi connectivity index (χ1) is 14.2. The number of anilines is 1. The zero-order valence-corrected chi connectivity index (χ0v) is 23.0. The van der Waals surface area contributed by atoms with Crippen LogP contribution < -0.4 is 5.32 Å². The molecule has 1 atom stereocenters. The van der Waals surface area contributed by atoms with Gasteiger partial charge in [0, 0.05) is 51.2 Å². The third kappa shape index (κ3) is 7.15. The number of carbonyl (C=O) groups excluding carboxylic acids is 1. The maximum absolute atomic E-state index is 12.9. The van der Waals surface area contributed by atoms with Gasteiger partial charge in [0.15, 0.2) is 5.54 Å². The van der Waals surface area contributed by atoms with Crippen LogP contribution in [0.2, 0.25) is 0 Å². The molecule has 0 bridgehead atoms. The second-order valence-corrected chi connectivity index (χ2v) is 9.22. The summed E-state index contributed by atoms with van der Waals surface area (Å²) in [6, 6.07) is 16.0. The van der Waals surface area contributed by atoms with Gasteiger partial charge in [0.1, 0.15) is 0 Å². The number of aryl methyl sites for hydroxylation is 3. The van der Waals surface area contributed by atoms with Crippen LogP contribution in [0.3, 0.4) is 0 Å². The average Bonchev–Trinajstić information content (AvgIpc) is 3.53. The Morgan fingerprint density at radius 1 is 1.16 bits per heavy atom.